The Morgan fingerprint density at radius 2 is 1.74 bits per heavy atom. The summed E-state index contributed by atoms with van der Waals surface area (Å²) < 4.78 is 1.15. The molecule has 0 fully saturated rings. The van der Waals surface area contributed by atoms with Crippen LogP contribution in [0.5, 0.6) is 0 Å². The Bertz CT molecular complexity index is 708. The van der Waals surface area contributed by atoms with E-state index in [2.05, 4.69) is 43.5 Å². The van der Waals surface area contributed by atoms with E-state index in [-0.39, 0.29) is 5.91 Å². The maximum absolute atomic E-state index is 12.0. The van der Waals surface area contributed by atoms with Crippen LogP contribution < -0.4 is 5.43 Å². The number of amides is 1. The zero-order chi connectivity index (χ0) is 16.7. The van der Waals surface area contributed by atoms with Gasteiger partial charge in [-0.15, -0.1) is 5.11 Å². The lowest BCUT2D eigenvalue weighted by atomic mass is 10.2. The molecule has 2 aromatic rings. The van der Waals surface area contributed by atoms with Gasteiger partial charge in [-0.2, -0.15) is 5.10 Å². The smallest absolute Gasteiger partial charge is 0.271 e. The van der Waals surface area contributed by atoms with E-state index in [1.165, 1.54) is 0 Å². The highest BCUT2D eigenvalue weighted by atomic mass is 127. The molecule has 0 atom stereocenters. The number of hydrazone groups is 1. The zero-order valence-electron chi connectivity index (χ0n) is 12.8. The van der Waals surface area contributed by atoms with Gasteiger partial charge in [0, 0.05) is 23.2 Å². The van der Waals surface area contributed by atoms with E-state index in [1.807, 2.05) is 24.3 Å². The summed E-state index contributed by atoms with van der Waals surface area (Å²) >= 11 is 2.23. The van der Waals surface area contributed by atoms with Crippen molar-refractivity contribution in [2.45, 2.75) is 0 Å². The maximum atomic E-state index is 12.0. The van der Waals surface area contributed by atoms with E-state index < -0.39 is 0 Å². The van der Waals surface area contributed by atoms with Crippen LogP contribution in [0.1, 0.15) is 15.9 Å². The monoisotopic (exact) mass is 421 g/mol. The first-order chi connectivity index (χ1) is 11.0. The Kier molecular flexibility index (Phi) is 6.21. The van der Waals surface area contributed by atoms with Gasteiger partial charge in [0.2, 0.25) is 0 Å². The summed E-state index contributed by atoms with van der Waals surface area (Å²) in [6.45, 7) is 0. The highest BCUT2D eigenvalue weighted by Crippen LogP contribution is 2.13. The molecule has 0 spiro atoms. The second-order valence-electron chi connectivity index (χ2n) is 4.83. The van der Waals surface area contributed by atoms with E-state index in [9.17, 15) is 4.79 Å². The molecule has 2 aromatic carbocycles. The van der Waals surface area contributed by atoms with Crippen LogP contribution >= 0.6 is 22.6 Å². The molecule has 2 rings (SSSR count). The molecule has 0 heterocycles. The van der Waals surface area contributed by atoms with Gasteiger partial charge in [0.05, 0.1) is 11.9 Å². The third kappa shape index (κ3) is 5.78. The number of nitrogens with one attached hydrogen (secondary N) is 1. The Hall–Kier alpha value is -2.29. The highest BCUT2D eigenvalue weighted by molar-refractivity contribution is 14.1. The topological polar surface area (TPSA) is 69.4 Å². The van der Waals surface area contributed by atoms with Crippen molar-refractivity contribution in [2.24, 2.45) is 15.4 Å². The van der Waals surface area contributed by atoms with E-state index >= 15 is 0 Å². The van der Waals surface area contributed by atoms with Gasteiger partial charge in [0.1, 0.15) is 0 Å². The van der Waals surface area contributed by atoms with Crippen molar-refractivity contribution >= 4 is 40.4 Å². The van der Waals surface area contributed by atoms with Crippen molar-refractivity contribution in [3.05, 3.63) is 63.2 Å². The average Bonchev–Trinajstić information content (AvgIpc) is 2.55. The molecule has 6 nitrogen and oxygen atoms in total. The molecule has 1 amide bonds. The van der Waals surface area contributed by atoms with Crippen molar-refractivity contribution < 1.29 is 4.79 Å². The van der Waals surface area contributed by atoms with Crippen molar-refractivity contribution in [1.29, 1.82) is 0 Å². The summed E-state index contributed by atoms with van der Waals surface area (Å²) in [7, 11) is 3.58. The van der Waals surface area contributed by atoms with Gasteiger partial charge in [-0.25, -0.2) is 5.43 Å². The second kappa shape index (κ2) is 8.37. The summed E-state index contributed by atoms with van der Waals surface area (Å²) in [5, 5.41) is 13.4. The number of carbonyl (C=O) groups is 1. The highest BCUT2D eigenvalue weighted by Gasteiger charge is 2.03. The summed E-state index contributed by atoms with van der Waals surface area (Å²) in [4.78, 5) is 12.0. The first-order valence-corrected chi connectivity index (χ1v) is 7.90. The summed E-state index contributed by atoms with van der Waals surface area (Å²) in [5.74, 6) is -0.275. The molecule has 0 aromatic heterocycles. The first kappa shape index (κ1) is 17.1. The summed E-state index contributed by atoms with van der Waals surface area (Å²) in [6.07, 6.45) is 1.60. The number of nitrogens with zero attached hydrogens (tertiary/aromatic N) is 4. The van der Waals surface area contributed by atoms with Gasteiger partial charge >= 0.3 is 0 Å². The van der Waals surface area contributed by atoms with Crippen LogP contribution in [0, 0.1) is 3.57 Å². The molecule has 0 aliphatic rings. The van der Waals surface area contributed by atoms with Crippen LogP contribution in [-0.2, 0) is 0 Å². The largest absolute Gasteiger partial charge is 0.285 e. The average molecular weight is 421 g/mol. The second-order valence-corrected chi connectivity index (χ2v) is 6.08. The molecule has 0 aliphatic heterocycles. The van der Waals surface area contributed by atoms with Gasteiger partial charge in [0.15, 0.2) is 0 Å². The van der Waals surface area contributed by atoms with Gasteiger partial charge in [-0.3, -0.25) is 9.80 Å². The predicted molar refractivity (Wildman–Crippen MR) is 98.9 cm³/mol. The summed E-state index contributed by atoms with van der Waals surface area (Å²) in [5.41, 5.74) is 4.61. The van der Waals surface area contributed by atoms with Crippen LogP contribution in [-0.4, -0.2) is 31.2 Å². The van der Waals surface area contributed by atoms with Gasteiger partial charge in [0.25, 0.3) is 5.91 Å². The van der Waals surface area contributed by atoms with E-state index in [0.717, 1.165) is 9.13 Å². The molecule has 0 saturated carbocycles. The molecule has 1 N–H and O–H groups in total. The molecule has 0 aliphatic carbocycles. The predicted octanol–water partition coefficient (Wildman–Crippen LogP) is 3.62. The molecule has 7 heteroatoms. The van der Waals surface area contributed by atoms with E-state index in [1.54, 1.807) is 49.6 Å². The summed E-state index contributed by atoms with van der Waals surface area (Å²) in [6, 6.07) is 14.6. The molecular weight excluding hydrogens is 405 g/mol. The zero-order valence-corrected chi connectivity index (χ0v) is 14.9. The molecular formula is C16H16IN5O. The minimum Gasteiger partial charge on any atom is -0.285 e. The SMILES string of the molecule is CN(C)N=Nc1ccc(C(=O)N/N=C/c2ccc(I)cc2)cc1. The molecule has 0 saturated heterocycles. The van der Waals surface area contributed by atoms with Gasteiger partial charge in [-0.05, 0) is 64.6 Å². The molecule has 23 heavy (non-hydrogen) atoms. The van der Waals surface area contributed by atoms with Crippen LogP contribution in [0.25, 0.3) is 0 Å². The quantitative estimate of drug-likeness (QED) is 0.347. The van der Waals surface area contributed by atoms with Crippen LogP contribution in [0.4, 0.5) is 5.69 Å². The molecule has 0 radical (unpaired) electrons. The van der Waals surface area contributed by atoms with Crippen molar-refractivity contribution in [3.63, 3.8) is 0 Å². The number of halogens is 1. The Morgan fingerprint density at radius 1 is 1.09 bits per heavy atom. The number of hydrogen-bond donors (Lipinski definition) is 1. The Morgan fingerprint density at radius 3 is 2.35 bits per heavy atom. The minimum atomic E-state index is -0.275. The lowest BCUT2D eigenvalue weighted by molar-refractivity contribution is 0.0955. The lowest BCUT2D eigenvalue weighted by Crippen LogP contribution is -2.17. The van der Waals surface area contributed by atoms with Crippen molar-refractivity contribution in [1.82, 2.24) is 10.4 Å². The molecule has 0 bridgehead atoms. The number of carbonyl (C=O) groups excluding carboxylic acids is 1. The minimum absolute atomic E-state index is 0.275. The van der Waals surface area contributed by atoms with Crippen LogP contribution in [0.15, 0.2) is 64.0 Å². The van der Waals surface area contributed by atoms with E-state index in [4.69, 9.17) is 0 Å². The third-order valence-electron chi connectivity index (χ3n) is 2.72. The Balaban J connectivity index is 1.94. The maximum Gasteiger partial charge on any atom is 0.271 e. The first-order valence-electron chi connectivity index (χ1n) is 6.82. The number of rotatable bonds is 5. The normalized spacial score (nSPS) is 11.1. The van der Waals surface area contributed by atoms with Crippen molar-refractivity contribution in [3.8, 4) is 0 Å². The standard InChI is InChI=1S/C16H16IN5O/c1-22(2)21-19-15-9-5-13(6-10-15)16(23)20-18-11-12-3-7-14(17)8-4-12/h3-11H,1-2H3,(H,20,23)/b18-11+,21-19?. The third-order valence-corrected chi connectivity index (χ3v) is 3.44. The van der Waals surface area contributed by atoms with Crippen molar-refractivity contribution in [2.75, 3.05) is 14.1 Å². The number of hydrogen-bond acceptors (Lipinski definition) is 4. The van der Waals surface area contributed by atoms with Gasteiger partial charge < -0.3 is 0 Å². The number of benzene rings is 2. The molecule has 118 valence electrons. The fourth-order valence-corrected chi connectivity index (χ4v) is 1.96. The fraction of sp³-hybridized carbons (Fsp3) is 0.125. The van der Waals surface area contributed by atoms with E-state index in [0.29, 0.717) is 11.3 Å². The molecule has 0 unspecified atom stereocenters. The van der Waals surface area contributed by atoms with Gasteiger partial charge in [-0.1, -0.05) is 17.4 Å². The Labute approximate surface area is 148 Å². The van der Waals surface area contributed by atoms with Crippen LogP contribution in [0.3, 0.4) is 0 Å². The lowest BCUT2D eigenvalue weighted by Gasteiger charge is -2.02. The fourth-order valence-electron chi connectivity index (χ4n) is 1.60. The van der Waals surface area contributed by atoms with Crippen LogP contribution in [0.2, 0.25) is 0 Å².